The van der Waals surface area contributed by atoms with E-state index in [0.29, 0.717) is 29.6 Å². The van der Waals surface area contributed by atoms with E-state index in [9.17, 15) is 4.79 Å². The van der Waals surface area contributed by atoms with Crippen LogP contribution in [0.3, 0.4) is 0 Å². The van der Waals surface area contributed by atoms with Crippen LogP contribution in [0.4, 0.5) is 5.82 Å². The first-order chi connectivity index (χ1) is 14.7. The number of amides is 1. The Morgan fingerprint density at radius 3 is 2.47 bits per heavy atom. The maximum Gasteiger partial charge on any atom is 0.256 e. The first-order valence-electron chi connectivity index (χ1n) is 9.60. The number of fused-ring (bicyclic) bond motifs is 1. The number of halogens is 1. The fourth-order valence-corrected chi connectivity index (χ4v) is 3.74. The molecule has 0 saturated carbocycles. The number of nitrogens with one attached hydrogen (secondary N) is 1. The number of carbonyl (C=O) groups excluding carboxylic acids is 1. The Bertz CT molecular complexity index is 1220. The molecule has 0 aliphatic carbocycles. The number of hydrogen-bond acceptors (Lipinski definition) is 3. The van der Waals surface area contributed by atoms with Gasteiger partial charge in [0.1, 0.15) is 5.82 Å². The van der Waals surface area contributed by atoms with Crippen molar-refractivity contribution < 1.29 is 9.53 Å². The van der Waals surface area contributed by atoms with Gasteiger partial charge in [-0.3, -0.25) is 4.79 Å². The van der Waals surface area contributed by atoms with Crippen molar-refractivity contribution in [3.63, 3.8) is 0 Å². The lowest BCUT2D eigenvalue weighted by Gasteiger charge is -2.12. The number of ether oxygens (including phenoxy) is 1. The summed E-state index contributed by atoms with van der Waals surface area (Å²) in [4.78, 5) is 13.0. The second kappa shape index (κ2) is 7.78. The summed E-state index contributed by atoms with van der Waals surface area (Å²) in [5.74, 6) is 0.411. The number of carbonyl (C=O) groups is 1. The van der Waals surface area contributed by atoms with Crippen molar-refractivity contribution in [2.45, 2.75) is 13.2 Å². The molecule has 0 spiro atoms. The predicted molar refractivity (Wildman–Crippen MR) is 117 cm³/mol. The van der Waals surface area contributed by atoms with Crippen LogP contribution in [-0.4, -0.2) is 15.7 Å². The van der Waals surface area contributed by atoms with E-state index in [2.05, 4.69) is 10.4 Å². The van der Waals surface area contributed by atoms with Crippen LogP contribution < -0.4 is 5.32 Å². The van der Waals surface area contributed by atoms with E-state index in [4.69, 9.17) is 16.3 Å². The van der Waals surface area contributed by atoms with E-state index in [-0.39, 0.29) is 5.91 Å². The van der Waals surface area contributed by atoms with E-state index in [1.54, 1.807) is 10.7 Å². The molecule has 0 bridgehead atoms. The highest BCUT2D eigenvalue weighted by Crippen LogP contribution is 2.31. The summed E-state index contributed by atoms with van der Waals surface area (Å²) in [7, 11) is 0. The molecule has 0 unspecified atom stereocenters. The third-order valence-electron chi connectivity index (χ3n) is 5.09. The predicted octanol–water partition coefficient (Wildman–Crippen LogP) is 5.48. The third-order valence-corrected chi connectivity index (χ3v) is 5.33. The Kier molecular flexibility index (Phi) is 4.83. The molecule has 5 nitrogen and oxygen atoms in total. The molecule has 0 saturated heterocycles. The number of hydrogen-bond donors (Lipinski definition) is 1. The van der Waals surface area contributed by atoms with Gasteiger partial charge in [0.15, 0.2) is 0 Å². The topological polar surface area (TPSA) is 56.2 Å². The monoisotopic (exact) mass is 415 g/mol. The van der Waals surface area contributed by atoms with Gasteiger partial charge in [0.25, 0.3) is 5.91 Å². The fourth-order valence-electron chi connectivity index (χ4n) is 3.56. The fraction of sp³-hybridized carbons (Fsp3) is 0.0833. The first-order valence-corrected chi connectivity index (χ1v) is 9.98. The van der Waals surface area contributed by atoms with Crippen molar-refractivity contribution in [1.29, 1.82) is 0 Å². The van der Waals surface area contributed by atoms with Gasteiger partial charge in [0.2, 0.25) is 0 Å². The zero-order chi connectivity index (χ0) is 20.5. The molecule has 0 atom stereocenters. The molecule has 1 aliphatic heterocycles. The molecular formula is C24H18ClN3O2. The van der Waals surface area contributed by atoms with Gasteiger partial charge in [0.05, 0.1) is 24.6 Å². The molecule has 148 valence electrons. The maximum atomic E-state index is 13.0. The largest absolute Gasteiger partial charge is 0.370 e. The highest BCUT2D eigenvalue weighted by molar-refractivity contribution is 6.30. The summed E-state index contributed by atoms with van der Waals surface area (Å²) < 4.78 is 7.23. The molecule has 4 aromatic rings. The van der Waals surface area contributed by atoms with Crippen molar-refractivity contribution in [3.05, 3.63) is 101 Å². The normalized spacial score (nSPS) is 12.6. The molecule has 1 aliphatic rings. The summed E-state index contributed by atoms with van der Waals surface area (Å²) >= 11 is 6.16. The second-order valence-corrected chi connectivity index (χ2v) is 7.49. The van der Waals surface area contributed by atoms with E-state index >= 15 is 0 Å². The minimum Gasteiger partial charge on any atom is -0.370 e. The molecule has 0 radical (unpaired) electrons. The summed E-state index contributed by atoms with van der Waals surface area (Å²) in [6.07, 6.45) is 0. The number of anilines is 1. The van der Waals surface area contributed by atoms with Crippen molar-refractivity contribution in [2.24, 2.45) is 0 Å². The quantitative estimate of drug-likeness (QED) is 0.480. The van der Waals surface area contributed by atoms with Crippen molar-refractivity contribution in [1.82, 2.24) is 9.78 Å². The molecule has 1 amide bonds. The molecule has 5 rings (SSSR count). The minimum atomic E-state index is -0.201. The molecule has 2 heterocycles. The molecular weight excluding hydrogens is 398 g/mol. The van der Waals surface area contributed by atoms with Gasteiger partial charge in [-0.15, -0.1) is 0 Å². The van der Waals surface area contributed by atoms with Crippen LogP contribution in [0.25, 0.3) is 16.8 Å². The average Bonchev–Trinajstić information content (AvgIpc) is 3.37. The van der Waals surface area contributed by atoms with Crippen molar-refractivity contribution in [3.8, 4) is 16.8 Å². The van der Waals surface area contributed by atoms with E-state index in [0.717, 1.165) is 28.1 Å². The van der Waals surface area contributed by atoms with Crippen LogP contribution in [0.15, 0.2) is 78.9 Å². The first kappa shape index (κ1) is 18.6. The van der Waals surface area contributed by atoms with Crippen molar-refractivity contribution >= 4 is 23.3 Å². The van der Waals surface area contributed by atoms with Gasteiger partial charge in [-0.25, -0.2) is 4.68 Å². The zero-order valence-electron chi connectivity index (χ0n) is 16.0. The third kappa shape index (κ3) is 3.49. The molecule has 1 aromatic heterocycles. The standard InChI is InChI=1S/C24H18ClN3O2/c25-19-7-4-8-20(13-19)28-23(21-14-30-15-22(21)27-28)26-24(29)18-11-9-17(10-12-18)16-5-2-1-3-6-16/h1-13H,14-15H2,(H,26,29). The van der Waals surface area contributed by atoms with Crippen LogP contribution in [0.2, 0.25) is 5.02 Å². The number of aromatic nitrogens is 2. The summed E-state index contributed by atoms with van der Waals surface area (Å²) in [5, 5.41) is 8.25. The van der Waals surface area contributed by atoms with Crippen LogP contribution in [0.5, 0.6) is 0 Å². The Morgan fingerprint density at radius 2 is 1.70 bits per heavy atom. The van der Waals surface area contributed by atoms with Crippen LogP contribution in [0.1, 0.15) is 21.6 Å². The summed E-state index contributed by atoms with van der Waals surface area (Å²) in [6, 6.07) is 25.0. The number of rotatable bonds is 4. The van der Waals surface area contributed by atoms with E-state index in [1.165, 1.54) is 0 Å². The smallest absolute Gasteiger partial charge is 0.256 e. The highest BCUT2D eigenvalue weighted by Gasteiger charge is 2.25. The van der Waals surface area contributed by atoms with E-state index < -0.39 is 0 Å². The van der Waals surface area contributed by atoms with Crippen LogP contribution >= 0.6 is 11.6 Å². The van der Waals surface area contributed by atoms with Gasteiger partial charge in [0, 0.05) is 16.1 Å². The molecule has 1 N–H and O–H groups in total. The molecule has 3 aromatic carbocycles. The summed E-state index contributed by atoms with van der Waals surface area (Å²) in [5.41, 5.74) is 5.24. The van der Waals surface area contributed by atoms with Gasteiger partial charge in [-0.2, -0.15) is 5.10 Å². The van der Waals surface area contributed by atoms with Gasteiger partial charge in [-0.05, 0) is 41.5 Å². The molecule has 6 heteroatoms. The lowest BCUT2D eigenvalue weighted by Crippen LogP contribution is -2.16. The lowest BCUT2D eigenvalue weighted by atomic mass is 10.0. The van der Waals surface area contributed by atoms with E-state index in [1.807, 2.05) is 72.8 Å². The van der Waals surface area contributed by atoms with Crippen LogP contribution in [0, 0.1) is 0 Å². The maximum absolute atomic E-state index is 13.0. The van der Waals surface area contributed by atoms with Gasteiger partial charge >= 0.3 is 0 Å². The SMILES string of the molecule is O=C(Nc1c2c(nn1-c1cccc(Cl)c1)COC2)c1ccc(-c2ccccc2)cc1. The summed E-state index contributed by atoms with van der Waals surface area (Å²) in [6.45, 7) is 0.843. The van der Waals surface area contributed by atoms with Crippen LogP contribution in [-0.2, 0) is 18.0 Å². The molecule has 30 heavy (non-hydrogen) atoms. The van der Waals surface area contributed by atoms with Gasteiger partial charge in [-0.1, -0.05) is 60.1 Å². The Hall–Kier alpha value is -3.41. The van der Waals surface area contributed by atoms with Gasteiger partial charge < -0.3 is 10.1 Å². The Labute approximate surface area is 178 Å². The lowest BCUT2D eigenvalue weighted by molar-refractivity contribution is 0.102. The number of nitrogens with zero attached hydrogens (tertiary/aromatic N) is 2. The second-order valence-electron chi connectivity index (χ2n) is 7.06. The zero-order valence-corrected chi connectivity index (χ0v) is 16.8. The average molecular weight is 416 g/mol. The Balaban J connectivity index is 1.45. The highest BCUT2D eigenvalue weighted by atomic mass is 35.5. The minimum absolute atomic E-state index is 0.201. The Morgan fingerprint density at radius 1 is 0.933 bits per heavy atom. The van der Waals surface area contributed by atoms with Crippen molar-refractivity contribution in [2.75, 3.05) is 5.32 Å². The molecule has 0 fully saturated rings. The number of benzene rings is 3.